The quantitative estimate of drug-likeness (QED) is 0.840. The van der Waals surface area contributed by atoms with Crippen molar-refractivity contribution in [1.82, 2.24) is 0 Å². The molecular formula is C13H18O4. The molecule has 1 aromatic rings. The molecule has 0 saturated carbocycles. The fourth-order valence-corrected chi connectivity index (χ4v) is 2.05. The Morgan fingerprint density at radius 1 is 1.47 bits per heavy atom. The summed E-state index contributed by atoms with van der Waals surface area (Å²) in [7, 11) is 0. The summed E-state index contributed by atoms with van der Waals surface area (Å²) in [5, 5.41) is 18.7. The first-order valence-electron chi connectivity index (χ1n) is 5.76. The Labute approximate surface area is 101 Å². The molecule has 4 nitrogen and oxygen atoms in total. The topological polar surface area (TPSA) is 58.9 Å². The first-order valence-corrected chi connectivity index (χ1v) is 5.76. The number of hydrogen-bond acceptors (Lipinski definition) is 4. The molecule has 0 fully saturated rings. The molecule has 0 bridgehead atoms. The molecule has 1 aliphatic heterocycles. The van der Waals surface area contributed by atoms with Gasteiger partial charge in [0.15, 0.2) is 0 Å². The number of aliphatic hydroxyl groups excluding tert-OH is 2. The maximum Gasteiger partial charge on any atom is 0.129 e. The second kappa shape index (κ2) is 4.55. The standard InChI is InChI=1S/C13H18O4/c1-13(2)8-11(15)10-4-3-9(16-6-5-14)7-12(10)17-13/h3-4,7,11,14-15H,5-6,8H2,1-2H3. The third-order valence-electron chi connectivity index (χ3n) is 2.78. The van der Waals surface area contributed by atoms with Crippen LogP contribution in [0.3, 0.4) is 0 Å². The van der Waals surface area contributed by atoms with Gasteiger partial charge in [-0.15, -0.1) is 0 Å². The molecule has 17 heavy (non-hydrogen) atoms. The van der Waals surface area contributed by atoms with Crippen LogP contribution in [0.15, 0.2) is 18.2 Å². The average Bonchev–Trinajstić information content (AvgIpc) is 2.24. The highest BCUT2D eigenvalue weighted by molar-refractivity contribution is 5.43. The lowest BCUT2D eigenvalue weighted by atomic mass is 9.92. The van der Waals surface area contributed by atoms with Crippen molar-refractivity contribution >= 4 is 0 Å². The normalized spacial score (nSPS) is 21.5. The second-order valence-electron chi connectivity index (χ2n) is 4.85. The van der Waals surface area contributed by atoms with Gasteiger partial charge in [-0.3, -0.25) is 0 Å². The minimum Gasteiger partial charge on any atom is -0.491 e. The fraction of sp³-hybridized carbons (Fsp3) is 0.538. The van der Waals surface area contributed by atoms with Gasteiger partial charge in [-0.05, 0) is 26.0 Å². The summed E-state index contributed by atoms with van der Waals surface area (Å²) in [5.74, 6) is 1.30. The van der Waals surface area contributed by atoms with E-state index in [-0.39, 0.29) is 18.8 Å². The van der Waals surface area contributed by atoms with E-state index in [1.807, 2.05) is 19.9 Å². The van der Waals surface area contributed by atoms with Crippen LogP contribution in [0.5, 0.6) is 11.5 Å². The first kappa shape index (κ1) is 12.2. The van der Waals surface area contributed by atoms with E-state index in [0.717, 1.165) is 5.56 Å². The molecule has 1 heterocycles. The first-order chi connectivity index (χ1) is 8.02. The Kier molecular flexibility index (Phi) is 3.26. The average molecular weight is 238 g/mol. The Balaban J connectivity index is 2.25. The summed E-state index contributed by atoms with van der Waals surface area (Å²) in [6.07, 6.45) is 0.0808. The van der Waals surface area contributed by atoms with Crippen molar-refractivity contribution in [2.75, 3.05) is 13.2 Å². The van der Waals surface area contributed by atoms with Crippen LogP contribution in [-0.2, 0) is 0 Å². The zero-order valence-electron chi connectivity index (χ0n) is 10.1. The van der Waals surface area contributed by atoms with Crippen LogP contribution in [0.2, 0.25) is 0 Å². The zero-order chi connectivity index (χ0) is 12.5. The molecule has 2 N–H and O–H groups in total. The minimum absolute atomic E-state index is 0.0218. The van der Waals surface area contributed by atoms with Crippen molar-refractivity contribution in [3.63, 3.8) is 0 Å². The predicted octanol–water partition coefficient (Wildman–Crippen LogP) is 1.65. The number of hydrogen-bond donors (Lipinski definition) is 2. The third kappa shape index (κ3) is 2.70. The summed E-state index contributed by atoms with van der Waals surface area (Å²) < 4.78 is 11.1. The molecule has 2 rings (SSSR count). The van der Waals surface area contributed by atoms with Crippen molar-refractivity contribution in [2.24, 2.45) is 0 Å². The molecule has 0 radical (unpaired) electrons. The van der Waals surface area contributed by atoms with Gasteiger partial charge in [-0.1, -0.05) is 0 Å². The maximum atomic E-state index is 10.0. The van der Waals surface area contributed by atoms with Crippen LogP contribution in [-0.4, -0.2) is 29.0 Å². The molecule has 94 valence electrons. The highest BCUT2D eigenvalue weighted by Crippen LogP contribution is 2.40. The Morgan fingerprint density at radius 2 is 2.24 bits per heavy atom. The smallest absolute Gasteiger partial charge is 0.129 e. The molecule has 1 atom stereocenters. The molecule has 1 unspecified atom stereocenters. The number of aliphatic hydroxyl groups is 2. The van der Waals surface area contributed by atoms with Gasteiger partial charge in [0, 0.05) is 18.1 Å². The Bertz CT molecular complexity index is 400. The van der Waals surface area contributed by atoms with Crippen LogP contribution in [0.1, 0.15) is 31.9 Å². The summed E-state index contributed by atoms with van der Waals surface area (Å²) >= 11 is 0. The van der Waals surface area contributed by atoms with E-state index in [0.29, 0.717) is 17.9 Å². The third-order valence-corrected chi connectivity index (χ3v) is 2.78. The van der Waals surface area contributed by atoms with Gasteiger partial charge in [0.25, 0.3) is 0 Å². The van der Waals surface area contributed by atoms with E-state index in [9.17, 15) is 5.11 Å². The lowest BCUT2D eigenvalue weighted by molar-refractivity contribution is 0.0112. The number of ether oxygens (including phenoxy) is 2. The van der Waals surface area contributed by atoms with E-state index in [4.69, 9.17) is 14.6 Å². The Morgan fingerprint density at radius 3 is 2.94 bits per heavy atom. The molecule has 0 aromatic heterocycles. The van der Waals surface area contributed by atoms with Crippen LogP contribution in [0.4, 0.5) is 0 Å². The van der Waals surface area contributed by atoms with Gasteiger partial charge in [0.05, 0.1) is 12.7 Å². The predicted molar refractivity (Wildman–Crippen MR) is 63.3 cm³/mol. The van der Waals surface area contributed by atoms with Crippen molar-refractivity contribution in [2.45, 2.75) is 32.0 Å². The van der Waals surface area contributed by atoms with Crippen LogP contribution < -0.4 is 9.47 Å². The number of fused-ring (bicyclic) bond motifs is 1. The van der Waals surface area contributed by atoms with E-state index < -0.39 is 6.10 Å². The summed E-state index contributed by atoms with van der Waals surface area (Å²) in [6, 6.07) is 5.34. The van der Waals surface area contributed by atoms with Crippen molar-refractivity contribution in [3.8, 4) is 11.5 Å². The summed E-state index contributed by atoms with van der Waals surface area (Å²) in [5.41, 5.74) is 0.419. The molecule has 0 saturated heterocycles. The molecule has 0 amide bonds. The van der Waals surface area contributed by atoms with Crippen LogP contribution in [0.25, 0.3) is 0 Å². The van der Waals surface area contributed by atoms with E-state index >= 15 is 0 Å². The van der Waals surface area contributed by atoms with Gasteiger partial charge < -0.3 is 19.7 Å². The molecular weight excluding hydrogens is 220 g/mol. The zero-order valence-corrected chi connectivity index (χ0v) is 10.1. The summed E-state index contributed by atoms with van der Waals surface area (Å²) in [4.78, 5) is 0. The number of rotatable bonds is 3. The van der Waals surface area contributed by atoms with Gasteiger partial charge >= 0.3 is 0 Å². The fourth-order valence-electron chi connectivity index (χ4n) is 2.05. The SMILES string of the molecule is CC1(C)CC(O)c2ccc(OCCO)cc2O1. The largest absolute Gasteiger partial charge is 0.491 e. The van der Waals surface area contributed by atoms with Crippen molar-refractivity contribution in [1.29, 1.82) is 0 Å². The van der Waals surface area contributed by atoms with E-state index in [1.165, 1.54) is 0 Å². The maximum absolute atomic E-state index is 10.0. The molecule has 0 aliphatic carbocycles. The minimum atomic E-state index is -0.499. The molecule has 4 heteroatoms. The van der Waals surface area contributed by atoms with E-state index in [2.05, 4.69) is 0 Å². The number of benzene rings is 1. The van der Waals surface area contributed by atoms with Gasteiger partial charge in [0.1, 0.15) is 23.7 Å². The Hall–Kier alpha value is -1.26. The molecule has 0 spiro atoms. The summed E-state index contributed by atoms with van der Waals surface area (Å²) in [6.45, 7) is 4.12. The van der Waals surface area contributed by atoms with Crippen molar-refractivity contribution in [3.05, 3.63) is 23.8 Å². The lowest BCUT2D eigenvalue weighted by Gasteiger charge is -2.35. The van der Waals surface area contributed by atoms with Crippen LogP contribution >= 0.6 is 0 Å². The highest BCUT2D eigenvalue weighted by Gasteiger charge is 2.32. The van der Waals surface area contributed by atoms with Gasteiger partial charge in [0.2, 0.25) is 0 Å². The van der Waals surface area contributed by atoms with Crippen molar-refractivity contribution < 1.29 is 19.7 Å². The van der Waals surface area contributed by atoms with Gasteiger partial charge in [-0.25, -0.2) is 0 Å². The second-order valence-corrected chi connectivity index (χ2v) is 4.85. The monoisotopic (exact) mass is 238 g/mol. The molecule has 1 aliphatic rings. The highest BCUT2D eigenvalue weighted by atomic mass is 16.5. The van der Waals surface area contributed by atoms with Crippen LogP contribution in [0, 0.1) is 0 Å². The molecule has 1 aromatic carbocycles. The lowest BCUT2D eigenvalue weighted by Crippen LogP contribution is -2.34. The van der Waals surface area contributed by atoms with Gasteiger partial charge in [-0.2, -0.15) is 0 Å². The van der Waals surface area contributed by atoms with E-state index in [1.54, 1.807) is 12.1 Å².